The minimum atomic E-state index is -0.174. The SMILES string of the molecule is CC(=O)Nc1cccc(C(=O)N2CCN(C(=O)Cc3cccs3)CC2)c1. The number of thiophene rings is 1. The van der Waals surface area contributed by atoms with Crippen molar-refractivity contribution in [3.8, 4) is 0 Å². The zero-order valence-corrected chi connectivity index (χ0v) is 15.4. The molecule has 0 radical (unpaired) electrons. The average molecular weight is 371 g/mol. The zero-order valence-electron chi connectivity index (χ0n) is 14.6. The summed E-state index contributed by atoms with van der Waals surface area (Å²) in [5.41, 5.74) is 1.14. The van der Waals surface area contributed by atoms with Crippen LogP contribution >= 0.6 is 11.3 Å². The number of anilines is 1. The van der Waals surface area contributed by atoms with E-state index in [9.17, 15) is 14.4 Å². The van der Waals surface area contributed by atoms with Crippen molar-refractivity contribution in [3.63, 3.8) is 0 Å². The van der Waals surface area contributed by atoms with Crippen molar-refractivity contribution in [3.05, 3.63) is 52.2 Å². The minimum absolute atomic E-state index is 0.0810. The second-order valence-corrected chi connectivity index (χ2v) is 7.22. The zero-order chi connectivity index (χ0) is 18.5. The Morgan fingerprint density at radius 3 is 2.42 bits per heavy atom. The van der Waals surface area contributed by atoms with Gasteiger partial charge in [-0.25, -0.2) is 0 Å². The summed E-state index contributed by atoms with van der Waals surface area (Å²) in [5.74, 6) is -0.151. The van der Waals surface area contributed by atoms with Gasteiger partial charge in [-0.05, 0) is 29.6 Å². The van der Waals surface area contributed by atoms with E-state index in [1.165, 1.54) is 6.92 Å². The molecule has 1 aliphatic rings. The Kier molecular flexibility index (Phi) is 5.68. The van der Waals surface area contributed by atoms with Crippen LogP contribution in [0.25, 0.3) is 0 Å². The van der Waals surface area contributed by atoms with Crippen LogP contribution in [-0.2, 0) is 16.0 Å². The van der Waals surface area contributed by atoms with Gasteiger partial charge in [0, 0.05) is 49.2 Å². The Balaban J connectivity index is 1.56. The molecule has 0 spiro atoms. The molecule has 1 N–H and O–H groups in total. The summed E-state index contributed by atoms with van der Waals surface area (Å²) in [4.78, 5) is 40.8. The molecule has 2 heterocycles. The molecule has 136 valence electrons. The molecule has 3 rings (SSSR count). The molecule has 1 aliphatic heterocycles. The van der Waals surface area contributed by atoms with E-state index in [4.69, 9.17) is 0 Å². The fraction of sp³-hybridized carbons (Fsp3) is 0.316. The molecule has 2 aromatic rings. The summed E-state index contributed by atoms with van der Waals surface area (Å²) in [6.45, 7) is 3.54. The number of carbonyl (C=O) groups excluding carboxylic acids is 3. The molecular weight excluding hydrogens is 350 g/mol. The summed E-state index contributed by atoms with van der Waals surface area (Å²) in [6, 6.07) is 10.8. The molecule has 1 aromatic heterocycles. The maximum Gasteiger partial charge on any atom is 0.254 e. The number of piperazine rings is 1. The normalized spacial score (nSPS) is 14.2. The fourth-order valence-electron chi connectivity index (χ4n) is 2.95. The third-order valence-corrected chi connectivity index (χ3v) is 5.13. The summed E-state index contributed by atoms with van der Waals surface area (Å²) in [7, 11) is 0. The van der Waals surface area contributed by atoms with Crippen LogP contribution < -0.4 is 5.32 Å². The first-order valence-corrected chi connectivity index (χ1v) is 9.38. The topological polar surface area (TPSA) is 69.7 Å². The van der Waals surface area contributed by atoms with E-state index in [1.54, 1.807) is 40.5 Å². The highest BCUT2D eigenvalue weighted by Gasteiger charge is 2.25. The lowest BCUT2D eigenvalue weighted by Crippen LogP contribution is -2.51. The number of carbonyl (C=O) groups is 3. The van der Waals surface area contributed by atoms with Gasteiger partial charge in [-0.2, -0.15) is 0 Å². The molecular formula is C19H21N3O3S. The second kappa shape index (κ2) is 8.14. The number of hydrogen-bond donors (Lipinski definition) is 1. The molecule has 1 aromatic carbocycles. The van der Waals surface area contributed by atoms with E-state index in [0.29, 0.717) is 43.9 Å². The monoisotopic (exact) mass is 371 g/mol. The van der Waals surface area contributed by atoms with Crippen molar-refractivity contribution in [2.45, 2.75) is 13.3 Å². The Bertz CT molecular complexity index is 796. The van der Waals surface area contributed by atoms with Crippen molar-refractivity contribution in [1.29, 1.82) is 0 Å². The molecule has 0 atom stereocenters. The molecule has 0 unspecified atom stereocenters. The summed E-state index contributed by atoms with van der Waals surface area (Å²) in [5, 5.41) is 4.65. The maximum absolute atomic E-state index is 12.7. The van der Waals surface area contributed by atoms with Crippen molar-refractivity contribution < 1.29 is 14.4 Å². The molecule has 26 heavy (non-hydrogen) atoms. The van der Waals surface area contributed by atoms with E-state index in [2.05, 4.69) is 5.32 Å². The van der Waals surface area contributed by atoms with E-state index >= 15 is 0 Å². The smallest absolute Gasteiger partial charge is 0.254 e. The Morgan fingerprint density at radius 2 is 1.77 bits per heavy atom. The van der Waals surface area contributed by atoms with Gasteiger partial charge in [0.15, 0.2) is 0 Å². The van der Waals surface area contributed by atoms with Crippen molar-refractivity contribution in [1.82, 2.24) is 9.80 Å². The average Bonchev–Trinajstić information content (AvgIpc) is 3.14. The minimum Gasteiger partial charge on any atom is -0.339 e. The van der Waals surface area contributed by atoms with Gasteiger partial charge in [-0.1, -0.05) is 12.1 Å². The largest absolute Gasteiger partial charge is 0.339 e. The van der Waals surface area contributed by atoms with Gasteiger partial charge in [0.1, 0.15) is 0 Å². The van der Waals surface area contributed by atoms with E-state index in [0.717, 1.165) is 4.88 Å². The molecule has 0 saturated carbocycles. The van der Waals surface area contributed by atoms with E-state index in [-0.39, 0.29) is 17.7 Å². The van der Waals surface area contributed by atoms with Gasteiger partial charge in [-0.15, -0.1) is 11.3 Å². The second-order valence-electron chi connectivity index (χ2n) is 6.19. The van der Waals surface area contributed by atoms with Crippen LogP contribution in [0.1, 0.15) is 22.2 Å². The number of nitrogens with one attached hydrogen (secondary N) is 1. The van der Waals surface area contributed by atoms with Crippen LogP contribution in [0.5, 0.6) is 0 Å². The quantitative estimate of drug-likeness (QED) is 0.896. The van der Waals surface area contributed by atoms with Gasteiger partial charge in [0.25, 0.3) is 5.91 Å². The molecule has 1 fully saturated rings. The van der Waals surface area contributed by atoms with Crippen LogP contribution in [0.4, 0.5) is 5.69 Å². The Hall–Kier alpha value is -2.67. The highest BCUT2D eigenvalue weighted by atomic mass is 32.1. The van der Waals surface area contributed by atoms with Crippen LogP contribution in [0, 0.1) is 0 Å². The molecule has 7 heteroatoms. The molecule has 1 saturated heterocycles. The summed E-state index contributed by atoms with van der Waals surface area (Å²) in [6.07, 6.45) is 0.421. The van der Waals surface area contributed by atoms with E-state index < -0.39 is 0 Å². The predicted octanol–water partition coefficient (Wildman–Crippen LogP) is 2.23. The lowest BCUT2D eigenvalue weighted by atomic mass is 10.1. The molecule has 3 amide bonds. The molecule has 0 aliphatic carbocycles. The number of rotatable bonds is 4. The van der Waals surface area contributed by atoms with Crippen molar-refractivity contribution in [2.24, 2.45) is 0 Å². The summed E-state index contributed by atoms with van der Waals surface area (Å²) < 4.78 is 0. The molecule has 6 nitrogen and oxygen atoms in total. The predicted molar refractivity (Wildman–Crippen MR) is 101 cm³/mol. The van der Waals surface area contributed by atoms with E-state index in [1.807, 2.05) is 22.4 Å². The van der Waals surface area contributed by atoms with Crippen LogP contribution in [0.15, 0.2) is 41.8 Å². The van der Waals surface area contributed by atoms with Crippen LogP contribution in [0.2, 0.25) is 0 Å². The highest BCUT2D eigenvalue weighted by molar-refractivity contribution is 7.10. The first-order valence-electron chi connectivity index (χ1n) is 8.50. The van der Waals surface area contributed by atoms with Gasteiger partial charge in [0.2, 0.25) is 11.8 Å². The van der Waals surface area contributed by atoms with Crippen LogP contribution in [0.3, 0.4) is 0 Å². The Morgan fingerprint density at radius 1 is 1.04 bits per heavy atom. The maximum atomic E-state index is 12.7. The van der Waals surface area contributed by atoms with Crippen LogP contribution in [-0.4, -0.2) is 53.7 Å². The number of amides is 3. The number of benzene rings is 1. The van der Waals surface area contributed by atoms with Crippen molar-refractivity contribution >= 4 is 34.7 Å². The number of hydrogen-bond acceptors (Lipinski definition) is 4. The van der Waals surface area contributed by atoms with Gasteiger partial charge < -0.3 is 15.1 Å². The first kappa shape index (κ1) is 18.1. The first-order chi connectivity index (χ1) is 12.5. The third kappa shape index (κ3) is 4.49. The Labute approximate surface area is 156 Å². The van der Waals surface area contributed by atoms with Gasteiger partial charge >= 0.3 is 0 Å². The fourth-order valence-corrected chi connectivity index (χ4v) is 3.64. The number of nitrogens with zero attached hydrogens (tertiary/aromatic N) is 2. The highest BCUT2D eigenvalue weighted by Crippen LogP contribution is 2.16. The lowest BCUT2D eigenvalue weighted by Gasteiger charge is -2.35. The lowest BCUT2D eigenvalue weighted by molar-refractivity contribution is -0.131. The summed E-state index contributed by atoms with van der Waals surface area (Å²) >= 11 is 1.58. The standard InChI is InChI=1S/C19H21N3O3S/c1-14(23)20-16-5-2-4-15(12-16)19(25)22-9-7-21(8-10-22)18(24)13-17-6-3-11-26-17/h2-6,11-12H,7-10,13H2,1H3,(H,20,23). The van der Waals surface area contributed by atoms with Crippen molar-refractivity contribution in [2.75, 3.05) is 31.5 Å². The third-order valence-electron chi connectivity index (χ3n) is 4.26. The van der Waals surface area contributed by atoms with Gasteiger partial charge in [-0.3, -0.25) is 14.4 Å². The van der Waals surface area contributed by atoms with Gasteiger partial charge in [0.05, 0.1) is 6.42 Å². The molecule has 0 bridgehead atoms.